The van der Waals surface area contributed by atoms with Crippen LogP contribution in [0.1, 0.15) is 32.3 Å². The van der Waals surface area contributed by atoms with Gasteiger partial charge in [0, 0.05) is 25.8 Å². The summed E-state index contributed by atoms with van der Waals surface area (Å²) in [5, 5.41) is 11.1. The average Bonchev–Trinajstić information content (AvgIpc) is 3.12. The molecule has 4 aliphatic heterocycles. The zero-order valence-corrected chi connectivity index (χ0v) is 17.6. The highest BCUT2D eigenvalue weighted by Gasteiger charge is 2.78. The van der Waals surface area contributed by atoms with Crippen LogP contribution in [-0.2, 0) is 19.7 Å². The second-order valence-electron chi connectivity index (χ2n) is 8.96. The lowest BCUT2D eigenvalue weighted by Gasteiger charge is -2.58. The van der Waals surface area contributed by atoms with Gasteiger partial charge in [-0.15, -0.1) is 0 Å². The monoisotopic (exact) mass is 398 g/mol. The lowest BCUT2D eigenvalue weighted by Crippen LogP contribution is -2.76. The van der Waals surface area contributed by atoms with Crippen LogP contribution in [-0.4, -0.2) is 61.3 Å². The number of benzene rings is 1. The van der Waals surface area contributed by atoms with Gasteiger partial charge < -0.3 is 19.5 Å². The molecule has 156 valence electrons. The number of hydrogen-bond acceptors (Lipinski definition) is 6. The molecule has 1 aromatic carbocycles. The average molecular weight is 399 g/mol. The lowest BCUT2D eigenvalue weighted by atomic mass is 9.59. The van der Waals surface area contributed by atoms with Crippen LogP contribution in [0.25, 0.3) is 0 Å². The van der Waals surface area contributed by atoms with Crippen LogP contribution < -0.4 is 4.90 Å². The molecule has 4 unspecified atom stereocenters. The van der Waals surface area contributed by atoms with Crippen LogP contribution in [0.15, 0.2) is 35.9 Å². The summed E-state index contributed by atoms with van der Waals surface area (Å²) in [6.45, 7) is 6.03. The van der Waals surface area contributed by atoms with Crippen molar-refractivity contribution in [3.63, 3.8) is 0 Å². The Labute approximate surface area is 172 Å². The van der Waals surface area contributed by atoms with Crippen molar-refractivity contribution < 1.29 is 19.4 Å². The highest BCUT2D eigenvalue weighted by molar-refractivity contribution is 5.81. The number of esters is 1. The molecule has 3 saturated heterocycles. The van der Waals surface area contributed by atoms with Gasteiger partial charge in [-0.1, -0.05) is 36.8 Å². The Kier molecular flexibility index (Phi) is 4.15. The second-order valence-corrected chi connectivity index (χ2v) is 8.96. The molecular weight excluding hydrogens is 368 g/mol. The smallest absolute Gasteiger partial charge is 0.314 e. The Balaban J connectivity index is 1.82. The number of carbonyl (C=O) groups is 1. The third-order valence-corrected chi connectivity index (χ3v) is 8.14. The third-order valence-electron chi connectivity index (χ3n) is 8.14. The molecule has 0 bridgehead atoms. The molecule has 0 saturated carbocycles. The van der Waals surface area contributed by atoms with E-state index in [4.69, 9.17) is 9.47 Å². The number of hydrogen-bond donors (Lipinski definition) is 1. The van der Waals surface area contributed by atoms with E-state index < -0.39 is 29.3 Å². The first kappa shape index (κ1) is 19.1. The van der Waals surface area contributed by atoms with Gasteiger partial charge in [0.2, 0.25) is 0 Å². The van der Waals surface area contributed by atoms with Crippen molar-refractivity contribution in [2.45, 2.75) is 50.2 Å². The molecule has 4 heterocycles. The van der Waals surface area contributed by atoms with Crippen molar-refractivity contribution in [3.05, 3.63) is 41.5 Å². The fourth-order valence-electron chi connectivity index (χ4n) is 7.05. The van der Waals surface area contributed by atoms with E-state index >= 15 is 0 Å². The van der Waals surface area contributed by atoms with Crippen LogP contribution in [0.3, 0.4) is 0 Å². The first-order chi connectivity index (χ1) is 13.9. The Morgan fingerprint density at radius 2 is 2.14 bits per heavy atom. The van der Waals surface area contributed by atoms with Crippen molar-refractivity contribution in [1.82, 2.24) is 4.90 Å². The minimum absolute atomic E-state index is 0.217. The maximum Gasteiger partial charge on any atom is 0.314 e. The summed E-state index contributed by atoms with van der Waals surface area (Å²) < 4.78 is 11.5. The first-order valence-corrected chi connectivity index (χ1v) is 10.6. The van der Waals surface area contributed by atoms with E-state index in [0.29, 0.717) is 5.92 Å². The summed E-state index contributed by atoms with van der Waals surface area (Å²) in [5.41, 5.74) is 2.54. The number of allylic oxidation sites excluding steroid dienone is 1. The molecule has 29 heavy (non-hydrogen) atoms. The van der Waals surface area contributed by atoms with Gasteiger partial charge >= 0.3 is 5.97 Å². The molecule has 1 aromatic rings. The zero-order chi connectivity index (χ0) is 20.6. The van der Waals surface area contributed by atoms with E-state index in [9.17, 15) is 9.90 Å². The number of likely N-dealkylation sites (N-methyl/N-ethyl adjacent to an activating group) is 1. The van der Waals surface area contributed by atoms with Gasteiger partial charge in [-0.25, -0.2) is 0 Å². The van der Waals surface area contributed by atoms with Gasteiger partial charge in [0.05, 0.1) is 18.6 Å². The van der Waals surface area contributed by atoms with Gasteiger partial charge in [0.1, 0.15) is 11.6 Å². The maximum atomic E-state index is 13.1. The molecule has 0 amide bonds. The van der Waals surface area contributed by atoms with E-state index in [-0.39, 0.29) is 6.10 Å². The lowest BCUT2D eigenvalue weighted by molar-refractivity contribution is -0.260. The number of fused-ring (bicyclic) bond motifs is 1. The summed E-state index contributed by atoms with van der Waals surface area (Å²) in [5.74, 6) is -0.810. The molecule has 0 radical (unpaired) electrons. The first-order valence-electron chi connectivity index (χ1n) is 10.6. The fourth-order valence-corrected chi connectivity index (χ4v) is 7.05. The molecule has 6 heteroatoms. The third kappa shape index (κ3) is 2.05. The standard InChI is InChI=1S/C23H30N2O4/c1-5-15-13-25-11-10-22-16-8-6-7-9-17(16)24(3)23(22,25)18(12-14(15)2)29-21(27)19(22)20(26)28-4/h5-9,14,18-19,21,27H,10-13H2,1-4H3/b15-5-/t14?,18?,19-,21-,22?,23?/m1/s1. The molecule has 1 N–H and O–H groups in total. The molecule has 1 spiro atoms. The molecule has 6 nitrogen and oxygen atoms in total. The highest BCUT2D eigenvalue weighted by Crippen LogP contribution is 2.67. The molecular formula is C23H30N2O4. The molecule has 3 fully saturated rings. The number of methoxy groups -OCH3 is 1. The minimum atomic E-state index is -1.18. The SMILES string of the molecule is C/C=C1/CN2CCC34c5ccccc5N(C)C23C(CC1C)O[C@@H](O)[C@H]4C(=O)OC. The van der Waals surface area contributed by atoms with Gasteiger partial charge in [0.25, 0.3) is 0 Å². The van der Waals surface area contributed by atoms with Crippen molar-refractivity contribution in [3.8, 4) is 0 Å². The highest BCUT2D eigenvalue weighted by atomic mass is 16.6. The predicted octanol–water partition coefficient (Wildman–Crippen LogP) is 2.27. The predicted molar refractivity (Wildman–Crippen MR) is 109 cm³/mol. The normalized spacial score (nSPS) is 42.2. The quantitative estimate of drug-likeness (QED) is 0.578. The number of ether oxygens (including phenoxy) is 2. The number of para-hydroxylation sites is 1. The Bertz CT molecular complexity index is 885. The van der Waals surface area contributed by atoms with Gasteiger partial charge in [-0.05, 0) is 37.3 Å². The molecule has 6 atom stereocenters. The topological polar surface area (TPSA) is 62.2 Å². The van der Waals surface area contributed by atoms with Gasteiger partial charge in [-0.2, -0.15) is 0 Å². The van der Waals surface area contributed by atoms with Crippen molar-refractivity contribution in [2.75, 3.05) is 32.1 Å². The van der Waals surface area contributed by atoms with E-state index in [1.165, 1.54) is 12.7 Å². The summed E-state index contributed by atoms with van der Waals surface area (Å²) in [4.78, 5) is 17.9. The molecule has 5 rings (SSSR count). The number of rotatable bonds is 1. The Morgan fingerprint density at radius 3 is 2.86 bits per heavy atom. The van der Waals surface area contributed by atoms with Crippen molar-refractivity contribution in [2.24, 2.45) is 11.8 Å². The molecule has 0 aliphatic carbocycles. The Hall–Kier alpha value is -1.89. The van der Waals surface area contributed by atoms with Crippen LogP contribution in [0, 0.1) is 11.8 Å². The minimum Gasteiger partial charge on any atom is -0.469 e. The van der Waals surface area contributed by atoms with Crippen LogP contribution in [0.4, 0.5) is 5.69 Å². The van der Waals surface area contributed by atoms with Gasteiger partial charge in [-0.3, -0.25) is 9.69 Å². The van der Waals surface area contributed by atoms with Gasteiger partial charge in [0.15, 0.2) is 6.29 Å². The zero-order valence-electron chi connectivity index (χ0n) is 17.6. The molecule has 4 aliphatic rings. The van der Waals surface area contributed by atoms with Crippen LogP contribution >= 0.6 is 0 Å². The number of nitrogens with zero attached hydrogens (tertiary/aromatic N) is 2. The van der Waals surface area contributed by atoms with E-state index in [1.807, 2.05) is 12.1 Å². The van der Waals surface area contributed by atoms with Crippen LogP contribution in [0.5, 0.6) is 0 Å². The number of carbonyl (C=O) groups excluding carboxylic acids is 1. The number of aliphatic hydroxyl groups excluding tert-OH is 1. The maximum absolute atomic E-state index is 13.1. The van der Waals surface area contributed by atoms with E-state index in [1.54, 1.807) is 0 Å². The molecule has 0 aromatic heterocycles. The van der Waals surface area contributed by atoms with E-state index in [2.05, 4.69) is 48.9 Å². The van der Waals surface area contributed by atoms with Crippen molar-refractivity contribution in [1.29, 1.82) is 0 Å². The summed E-state index contributed by atoms with van der Waals surface area (Å²) in [6, 6.07) is 8.32. The largest absolute Gasteiger partial charge is 0.469 e. The van der Waals surface area contributed by atoms with Crippen molar-refractivity contribution >= 4 is 11.7 Å². The summed E-state index contributed by atoms with van der Waals surface area (Å²) in [7, 11) is 3.52. The fraction of sp³-hybridized carbons (Fsp3) is 0.609. The van der Waals surface area contributed by atoms with Crippen LogP contribution in [0.2, 0.25) is 0 Å². The van der Waals surface area contributed by atoms with E-state index in [0.717, 1.165) is 37.2 Å². The Morgan fingerprint density at radius 1 is 1.38 bits per heavy atom. The second kappa shape index (κ2) is 6.30. The number of aliphatic hydroxyl groups is 1. The summed E-state index contributed by atoms with van der Waals surface area (Å²) in [6.07, 6.45) is 2.41. The number of anilines is 1. The summed E-state index contributed by atoms with van der Waals surface area (Å²) >= 11 is 0.